The van der Waals surface area contributed by atoms with E-state index in [2.05, 4.69) is 17.2 Å². The zero-order chi connectivity index (χ0) is 60.9. The van der Waals surface area contributed by atoms with Gasteiger partial charge in [0.05, 0.1) is 32.5 Å². The van der Waals surface area contributed by atoms with Crippen LogP contribution in [0.3, 0.4) is 0 Å². The molecule has 8 fully saturated rings. The molecule has 0 aromatic carbocycles. The van der Waals surface area contributed by atoms with Crippen molar-refractivity contribution < 1.29 is 159 Å². The van der Waals surface area contributed by atoms with E-state index >= 15 is 0 Å². The first-order valence-corrected chi connectivity index (χ1v) is 29.6. The Hall–Kier alpha value is -1.73. The van der Waals surface area contributed by atoms with Gasteiger partial charge in [-0.05, 0) is 88.0 Å². The maximum Gasteiger partial charge on any atom is 1.00 e. The summed E-state index contributed by atoms with van der Waals surface area (Å²) in [7, 11) is -4.28. The van der Waals surface area contributed by atoms with E-state index in [0.29, 0.717) is 25.7 Å². The fraction of sp³-hybridized carbons (Fsp3) is 0.855. The molecule has 0 amide bonds. The van der Waals surface area contributed by atoms with E-state index in [4.69, 9.17) is 52.1 Å². The third-order valence-corrected chi connectivity index (χ3v) is 20.5. The second-order valence-corrected chi connectivity index (χ2v) is 26.4. The fourth-order valence-corrected chi connectivity index (χ4v) is 16.4. The maximum absolute atomic E-state index is 14.7. The number of allylic oxidation sites excluding steroid dienone is 5. The van der Waals surface area contributed by atoms with E-state index in [1.807, 2.05) is 40.7 Å². The maximum atomic E-state index is 14.7. The number of fused-ring (bicyclic) bond motifs is 4. The fourth-order valence-electron chi connectivity index (χ4n) is 15.9. The topological polar surface area (TPSA) is 404 Å². The van der Waals surface area contributed by atoms with Crippen LogP contribution < -0.4 is 29.6 Å². The van der Waals surface area contributed by atoms with Crippen molar-refractivity contribution in [3.8, 4) is 0 Å². The molecule has 472 valence electrons. The van der Waals surface area contributed by atoms with Gasteiger partial charge in [0, 0.05) is 19.4 Å². The second-order valence-electron chi connectivity index (χ2n) is 25.3. The number of aliphatic hydroxyl groups excluding tert-OH is 9. The number of aliphatic hydroxyl groups is 10. The van der Waals surface area contributed by atoms with Crippen molar-refractivity contribution in [1.82, 2.24) is 0 Å². The average molecular weight is 1230 g/mol. The molecule has 10 unspecified atom stereocenters. The van der Waals surface area contributed by atoms with Crippen LogP contribution in [0.15, 0.2) is 35.5 Å². The molecule has 29 heteroatoms. The van der Waals surface area contributed by atoms with E-state index in [-0.39, 0.29) is 54.2 Å². The number of hydrogen-bond donors (Lipinski definition) is 10. The smallest absolute Gasteiger partial charge is 0.726 e. The van der Waals surface area contributed by atoms with Crippen LogP contribution in [0.2, 0.25) is 0 Å². The van der Waals surface area contributed by atoms with E-state index < -0.39 is 204 Å². The molecule has 10 N–H and O–H groups in total. The van der Waals surface area contributed by atoms with Crippen molar-refractivity contribution in [2.75, 3.05) is 33.5 Å². The Balaban J connectivity index is 0.00000920. The van der Waals surface area contributed by atoms with Crippen LogP contribution in [0.5, 0.6) is 0 Å². The number of hydrogen-bond acceptors (Lipinski definition) is 27. The summed E-state index contributed by atoms with van der Waals surface area (Å²) >= 11 is 0. The van der Waals surface area contributed by atoms with Crippen LogP contribution in [0.1, 0.15) is 93.9 Å². The molecular weight excluding hydrogens is 1150 g/mol. The summed E-state index contributed by atoms with van der Waals surface area (Å²) in [6.45, 7) is 12.0. The summed E-state index contributed by atoms with van der Waals surface area (Å²) in [5.41, 5.74) is -5.23. The molecule has 0 aromatic heterocycles. The normalized spacial score (nSPS) is 49.0. The standard InChI is InChI=1S/C55H84O27S.Na/c1-24(2)11-10-16-53(8)55(67)34(74-25(3)58)19-52(7)27-12-13-32-50(4,5)33(15-17-51(32,6)26(27)14-18-54(52,55)49(66)81-53)77-48-44(36(61)31(23-73-48)82-83(68,69)70)80-46-38(63)37(62)42(30(21-57)76-46)79-45-39(64)41(28(59)22-72-45)78-47-40(65)43(71-9)35(60)29(20-56)75-47;/h10-12,16,26,28-48,56-57,59-65,67H,13-15,17-23H2,1-9H3,(H,68,69,70);/q;+1/p-1/b16-10-;/t26-,28-,29?,30?,31-,32+,33+,34+,35-,36?,37?,38?,39?,40?,41?,42-,43?,44?,45+,46+,47+,48+,51-,52+,53+,54-,55+;/m1./s1. The molecular formula is C55H83NaO27S. The van der Waals surface area contributed by atoms with Gasteiger partial charge in [-0.25, -0.2) is 8.42 Å². The molecule has 1 spiro atoms. The summed E-state index contributed by atoms with van der Waals surface area (Å²) in [5, 5.41) is 112. The van der Waals surface area contributed by atoms with Crippen molar-refractivity contribution in [3.05, 3.63) is 35.5 Å². The molecule has 9 rings (SSSR count). The van der Waals surface area contributed by atoms with Gasteiger partial charge in [-0.15, -0.1) is 0 Å². The number of esters is 2. The van der Waals surface area contributed by atoms with E-state index in [1.165, 1.54) is 14.0 Å². The first kappa shape index (κ1) is 68.2. The molecule has 3 saturated carbocycles. The van der Waals surface area contributed by atoms with Gasteiger partial charge in [0.2, 0.25) is 10.4 Å². The Labute approximate surface area is 509 Å². The molecule has 4 aliphatic carbocycles. The summed E-state index contributed by atoms with van der Waals surface area (Å²) in [5.74, 6) is -1.43. The van der Waals surface area contributed by atoms with E-state index in [9.17, 15) is 73.6 Å². The van der Waals surface area contributed by atoms with Gasteiger partial charge < -0.3 is 108 Å². The van der Waals surface area contributed by atoms with Gasteiger partial charge in [-0.3, -0.25) is 13.8 Å². The van der Waals surface area contributed by atoms with Crippen LogP contribution in [-0.2, 0) is 76.3 Å². The largest absolute Gasteiger partial charge is 1.00 e. The SMILES string of the molecule is COC1C(O)[C@H](OC2C(O)[C@H](O[C@@H]3C(CO)O[C@@H](OC4C(O)[C@H](OS(=O)(=O)[O-])CO[C@H]4O[C@H]4CC[C@]5(C)[C@@H]6CC[C@]78C(=O)O[C@@](C)(/C=C\C=C(C)C)[C@@]7(O)[C@@H](OC(C)=O)C[C@@]8(C)C6=CC[C@H]5C4(C)C)C(O)C3O)OC[C@H]2O)OC(CO)[C@H]1O.[Na+]. The molecule has 0 bridgehead atoms. The molecule has 5 aliphatic heterocycles. The Morgan fingerprint density at radius 1 is 0.750 bits per heavy atom. The van der Waals surface area contributed by atoms with Crippen molar-refractivity contribution in [2.45, 2.75) is 228 Å². The summed E-state index contributed by atoms with van der Waals surface area (Å²) in [6, 6.07) is 0. The molecule has 5 heterocycles. The predicted octanol–water partition coefficient (Wildman–Crippen LogP) is -4.86. The molecule has 84 heavy (non-hydrogen) atoms. The van der Waals surface area contributed by atoms with Crippen LogP contribution in [-0.4, -0.2) is 244 Å². The summed E-state index contributed by atoms with van der Waals surface area (Å²) < 4.78 is 105. The molecule has 27 nitrogen and oxygen atoms in total. The third kappa shape index (κ3) is 11.4. The number of carbonyl (C=O) groups is 2. The Morgan fingerprint density at radius 3 is 2.00 bits per heavy atom. The van der Waals surface area contributed by atoms with Gasteiger partial charge in [-0.1, -0.05) is 57.1 Å². The number of methoxy groups -OCH3 is 1. The Bertz CT molecular complexity index is 2590. The van der Waals surface area contributed by atoms with Crippen molar-refractivity contribution in [1.29, 1.82) is 0 Å². The summed E-state index contributed by atoms with van der Waals surface area (Å²) in [4.78, 5) is 27.5. The predicted molar refractivity (Wildman–Crippen MR) is 277 cm³/mol. The minimum Gasteiger partial charge on any atom is -0.726 e. The van der Waals surface area contributed by atoms with E-state index in [1.54, 1.807) is 19.1 Å². The van der Waals surface area contributed by atoms with Crippen LogP contribution in [0.25, 0.3) is 0 Å². The molecule has 0 aromatic rings. The van der Waals surface area contributed by atoms with Crippen molar-refractivity contribution in [2.24, 2.45) is 33.5 Å². The number of rotatable bonds is 16. The Kier molecular flexibility index (Phi) is 20.4. The Morgan fingerprint density at radius 2 is 1.37 bits per heavy atom. The molecule has 5 saturated heterocycles. The monoisotopic (exact) mass is 1230 g/mol. The van der Waals surface area contributed by atoms with Gasteiger partial charge >= 0.3 is 41.5 Å². The van der Waals surface area contributed by atoms with Gasteiger partial charge in [-0.2, -0.15) is 0 Å². The number of ether oxygens (including phenoxy) is 11. The average Bonchev–Trinajstić information content (AvgIpc) is 1.49. The van der Waals surface area contributed by atoms with Gasteiger partial charge in [0.15, 0.2) is 36.4 Å². The minimum absolute atomic E-state index is 0. The summed E-state index contributed by atoms with van der Waals surface area (Å²) in [6.07, 6.45) is -23.5. The second kappa shape index (κ2) is 25.2. The zero-order valence-corrected chi connectivity index (χ0v) is 51.7. The van der Waals surface area contributed by atoms with Crippen LogP contribution >= 0.6 is 0 Å². The number of cyclic esters (lactones) is 1. The van der Waals surface area contributed by atoms with E-state index in [0.717, 1.165) is 11.1 Å². The van der Waals surface area contributed by atoms with Crippen molar-refractivity contribution in [3.63, 3.8) is 0 Å². The van der Waals surface area contributed by atoms with Crippen LogP contribution in [0, 0.1) is 33.5 Å². The minimum atomic E-state index is -5.47. The van der Waals surface area contributed by atoms with Crippen LogP contribution in [0.4, 0.5) is 0 Å². The van der Waals surface area contributed by atoms with Crippen molar-refractivity contribution >= 4 is 22.3 Å². The molecule has 0 radical (unpaired) electrons. The molecule has 27 atom stereocenters. The molecule has 9 aliphatic rings. The third-order valence-electron chi connectivity index (χ3n) is 20.0. The quantitative estimate of drug-likeness (QED) is 0.0173. The number of carbonyl (C=O) groups excluding carboxylic acids is 2. The van der Waals surface area contributed by atoms with Gasteiger partial charge in [0.1, 0.15) is 97.0 Å². The first-order chi connectivity index (χ1) is 38.8. The first-order valence-electron chi connectivity index (χ1n) is 28.3. The zero-order valence-electron chi connectivity index (χ0n) is 48.9. The van der Waals surface area contributed by atoms with Gasteiger partial charge in [0.25, 0.3) is 0 Å².